The molecule has 2 rings (SSSR count). The van der Waals surface area contributed by atoms with Gasteiger partial charge in [-0.15, -0.1) is 0 Å². The molecule has 0 saturated carbocycles. The van der Waals surface area contributed by atoms with E-state index in [0.717, 1.165) is 13.1 Å². The van der Waals surface area contributed by atoms with Gasteiger partial charge in [0.15, 0.2) is 11.5 Å². The standard InChI is InChI=1S/C17H27NO3Si/c1-13(18-10-6-7-11-18)17(19)14-8-9-15(20-2)16(12-14)21-22(3,4)5/h8-9,12-13H,6-7,10-11H2,1-5H3. The number of carbonyl (C=O) groups is 1. The highest BCUT2D eigenvalue weighted by molar-refractivity contribution is 6.70. The Bertz CT molecular complexity index is 533. The fourth-order valence-corrected chi connectivity index (χ4v) is 3.59. The summed E-state index contributed by atoms with van der Waals surface area (Å²) in [5.74, 6) is 1.53. The molecule has 0 spiro atoms. The summed E-state index contributed by atoms with van der Waals surface area (Å²) in [6.07, 6.45) is 2.37. The minimum atomic E-state index is -1.76. The molecule has 1 saturated heterocycles. The van der Waals surface area contributed by atoms with Crippen molar-refractivity contribution < 1.29 is 14.0 Å². The predicted molar refractivity (Wildman–Crippen MR) is 91.6 cm³/mol. The number of ketones is 1. The summed E-state index contributed by atoms with van der Waals surface area (Å²) < 4.78 is 11.4. The van der Waals surface area contributed by atoms with Crippen LogP contribution >= 0.6 is 0 Å². The largest absolute Gasteiger partial charge is 0.542 e. The molecule has 1 aromatic rings. The maximum Gasteiger partial charge on any atom is 0.242 e. The molecule has 0 bridgehead atoms. The SMILES string of the molecule is COc1ccc(C(=O)C(C)N2CCCC2)cc1O[Si](C)(C)C. The van der Waals surface area contributed by atoms with Gasteiger partial charge in [-0.1, -0.05) is 0 Å². The maximum absolute atomic E-state index is 12.7. The second-order valence-electron chi connectivity index (χ2n) is 6.86. The van der Waals surface area contributed by atoms with Crippen molar-refractivity contribution in [2.24, 2.45) is 0 Å². The van der Waals surface area contributed by atoms with E-state index in [1.807, 2.05) is 25.1 Å². The maximum atomic E-state index is 12.7. The molecule has 1 aromatic carbocycles. The Labute approximate surface area is 134 Å². The third-order valence-corrected chi connectivity index (χ3v) is 4.76. The summed E-state index contributed by atoms with van der Waals surface area (Å²) in [5.41, 5.74) is 0.702. The summed E-state index contributed by atoms with van der Waals surface area (Å²) in [4.78, 5) is 15.0. The first-order valence-corrected chi connectivity index (χ1v) is 11.4. The molecular weight excluding hydrogens is 294 g/mol. The van der Waals surface area contributed by atoms with E-state index in [2.05, 4.69) is 24.5 Å². The van der Waals surface area contributed by atoms with E-state index in [1.165, 1.54) is 12.8 Å². The average Bonchev–Trinajstić information content (AvgIpc) is 2.98. The minimum Gasteiger partial charge on any atom is -0.542 e. The lowest BCUT2D eigenvalue weighted by Gasteiger charge is -2.24. The van der Waals surface area contributed by atoms with Crippen LogP contribution in [0.25, 0.3) is 0 Å². The van der Waals surface area contributed by atoms with E-state index in [4.69, 9.17) is 9.16 Å². The number of carbonyl (C=O) groups excluding carboxylic acids is 1. The fraction of sp³-hybridized carbons (Fsp3) is 0.588. The summed E-state index contributed by atoms with van der Waals surface area (Å²) in [5, 5.41) is 0. The van der Waals surface area contributed by atoms with Crippen LogP contribution < -0.4 is 9.16 Å². The van der Waals surface area contributed by atoms with Crippen LogP contribution in [-0.4, -0.2) is 45.2 Å². The first-order chi connectivity index (χ1) is 10.3. The molecule has 0 aromatic heterocycles. The third kappa shape index (κ3) is 4.11. The second-order valence-corrected chi connectivity index (χ2v) is 11.3. The van der Waals surface area contributed by atoms with Gasteiger partial charge in [0.05, 0.1) is 13.2 Å². The second kappa shape index (κ2) is 6.83. The lowest BCUT2D eigenvalue weighted by molar-refractivity contribution is 0.0866. The molecule has 5 heteroatoms. The third-order valence-electron chi connectivity index (χ3n) is 3.93. The van der Waals surface area contributed by atoms with Crippen molar-refractivity contribution in [1.29, 1.82) is 0 Å². The smallest absolute Gasteiger partial charge is 0.242 e. The van der Waals surface area contributed by atoms with Gasteiger partial charge in [0, 0.05) is 5.56 Å². The quantitative estimate of drug-likeness (QED) is 0.593. The molecule has 0 radical (unpaired) electrons. The van der Waals surface area contributed by atoms with Gasteiger partial charge >= 0.3 is 0 Å². The summed E-state index contributed by atoms with van der Waals surface area (Å²) in [6.45, 7) is 10.4. The van der Waals surface area contributed by atoms with Gasteiger partial charge in [-0.2, -0.15) is 0 Å². The van der Waals surface area contributed by atoms with Gasteiger partial charge in [-0.3, -0.25) is 9.69 Å². The number of benzene rings is 1. The number of hydrogen-bond acceptors (Lipinski definition) is 4. The molecule has 4 nitrogen and oxygen atoms in total. The molecule has 1 unspecified atom stereocenters. The number of likely N-dealkylation sites (tertiary alicyclic amines) is 1. The molecule has 22 heavy (non-hydrogen) atoms. The molecule has 0 aliphatic carbocycles. The molecule has 1 atom stereocenters. The Kier molecular flexibility index (Phi) is 5.29. The van der Waals surface area contributed by atoms with Crippen molar-refractivity contribution in [2.75, 3.05) is 20.2 Å². The van der Waals surface area contributed by atoms with Gasteiger partial charge < -0.3 is 9.16 Å². The highest BCUT2D eigenvalue weighted by atomic mass is 28.4. The van der Waals surface area contributed by atoms with Crippen LogP contribution in [0.15, 0.2) is 18.2 Å². The Hall–Kier alpha value is -1.33. The van der Waals surface area contributed by atoms with Crippen LogP contribution in [0.2, 0.25) is 19.6 Å². The Balaban J connectivity index is 2.23. The molecule has 0 N–H and O–H groups in total. The lowest BCUT2D eigenvalue weighted by atomic mass is 10.0. The number of rotatable bonds is 6. The fourth-order valence-electron chi connectivity index (χ4n) is 2.78. The molecule has 122 valence electrons. The van der Waals surface area contributed by atoms with E-state index in [1.54, 1.807) is 7.11 Å². The van der Waals surface area contributed by atoms with Gasteiger partial charge in [0.2, 0.25) is 8.32 Å². The first-order valence-electron chi connectivity index (χ1n) is 7.97. The van der Waals surface area contributed by atoms with Crippen LogP contribution in [0, 0.1) is 0 Å². The zero-order valence-corrected chi connectivity index (χ0v) is 15.3. The molecule has 1 fully saturated rings. The number of hydrogen-bond donors (Lipinski definition) is 0. The summed E-state index contributed by atoms with van der Waals surface area (Å²) >= 11 is 0. The van der Waals surface area contributed by atoms with Crippen molar-refractivity contribution >= 4 is 14.1 Å². The predicted octanol–water partition coefficient (Wildman–Crippen LogP) is 3.58. The number of nitrogens with zero attached hydrogens (tertiary/aromatic N) is 1. The number of methoxy groups -OCH3 is 1. The van der Waals surface area contributed by atoms with Gasteiger partial charge in [0.1, 0.15) is 5.75 Å². The summed E-state index contributed by atoms with van der Waals surface area (Å²) in [7, 11) is -0.132. The van der Waals surface area contributed by atoms with E-state index in [0.29, 0.717) is 17.1 Å². The topological polar surface area (TPSA) is 38.8 Å². The number of ether oxygens (including phenoxy) is 1. The van der Waals surface area contributed by atoms with E-state index in [9.17, 15) is 4.79 Å². The van der Waals surface area contributed by atoms with Crippen molar-refractivity contribution in [2.45, 2.75) is 45.4 Å². The lowest BCUT2D eigenvalue weighted by Crippen LogP contribution is -2.36. The highest BCUT2D eigenvalue weighted by Crippen LogP contribution is 2.31. The van der Waals surface area contributed by atoms with Crippen molar-refractivity contribution in [3.05, 3.63) is 23.8 Å². The van der Waals surface area contributed by atoms with E-state index < -0.39 is 8.32 Å². The molecule has 1 heterocycles. The Morgan fingerprint density at radius 2 is 1.82 bits per heavy atom. The molecule has 1 aliphatic rings. The van der Waals surface area contributed by atoms with Gasteiger partial charge in [-0.25, -0.2) is 0 Å². The van der Waals surface area contributed by atoms with Gasteiger partial charge in [0.25, 0.3) is 0 Å². The van der Waals surface area contributed by atoms with Crippen molar-refractivity contribution in [3.8, 4) is 11.5 Å². The van der Waals surface area contributed by atoms with Crippen molar-refractivity contribution in [3.63, 3.8) is 0 Å². The minimum absolute atomic E-state index is 0.0735. The average molecular weight is 321 g/mol. The molecule has 0 amide bonds. The monoisotopic (exact) mass is 321 g/mol. The van der Waals surface area contributed by atoms with Crippen LogP contribution in [0.3, 0.4) is 0 Å². The Morgan fingerprint density at radius 3 is 2.36 bits per heavy atom. The van der Waals surface area contributed by atoms with Crippen LogP contribution in [-0.2, 0) is 0 Å². The van der Waals surface area contributed by atoms with E-state index >= 15 is 0 Å². The van der Waals surface area contributed by atoms with E-state index in [-0.39, 0.29) is 11.8 Å². The zero-order valence-electron chi connectivity index (χ0n) is 14.3. The van der Waals surface area contributed by atoms with Gasteiger partial charge in [-0.05, 0) is 70.7 Å². The normalized spacial score (nSPS) is 17.3. The van der Waals surface area contributed by atoms with Crippen molar-refractivity contribution in [1.82, 2.24) is 4.90 Å². The summed E-state index contributed by atoms with van der Waals surface area (Å²) in [6, 6.07) is 5.44. The molecular formula is C17H27NO3Si. The molecule has 1 aliphatic heterocycles. The zero-order chi connectivity index (χ0) is 16.3. The first kappa shape index (κ1) is 17.0. The van der Waals surface area contributed by atoms with Crippen LogP contribution in [0.4, 0.5) is 0 Å². The highest BCUT2D eigenvalue weighted by Gasteiger charge is 2.26. The van der Waals surface area contributed by atoms with Crippen LogP contribution in [0.5, 0.6) is 11.5 Å². The van der Waals surface area contributed by atoms with Crippen LogP contribution in [0.1, 0.15) is 30.1 Å². The Morgan fingerprint density at radius 1 is 1.18 bits per heavy atom. The number of Topliss-reactive ketones (excluding diaryl/α,β-unsaturated/α-hetero) is 1.